The van der Waals surface area contributed by atoms with Crippen molar-refractivity contribution in [3.05, 3.63) is 31.9 Å². The van der Waals surface area contributed by atoms with Crippen LogP contribution < -0.4 is 0 Å². The molecule has 2 heterocycles. The van der Waals surface area contributed by atoms with Crippen LogP contribution in [0.1, 0.15) is 49.3 Å². The van der Waals surface area contributed by atoms with Crippen LogP contribution in [0, 0.1) is 0 Å². The van der Waals surface area contributed by atoms with Gasteiger partial charge in [0.1, 0.15) is 10.3 Å². The van der Waals surface area contributed by atoms with Crippen molar-refractivity contribution in [1.82, 2.24) is 0 Å². The maximum absolute atomic E-state index is 6.63. The van der Waals surface area contributed by atoms with Crippen LogP contribution in [0.15, 0.2) is 22.1 Å². The van der Waals surface area contributed by atoms with Gasteiger partial charge in [-0.05, 0) is 25.0 Å². The highest BCUT2D eigenvalue weighted by Crippen LogP contribution is 2.44. The molecule has 0 atom stereocenters. The van der Waals surface area contributed by atoms with Crippen molar-refractivity contribution in [2.45, 2.75) is 39.5 Å². The lowest BCUT2D eigenvalue weighted by Crippen LogP contribution is -1.90. The first-order chi connectivity index (χ1) is 13.5. The lowest BCUT2D eigenvalue weighted by Gasteiger charge is -1.96. The average molecular weight is 494 g/mol. The third-order valence-corrected chi connectivity index (χ3v) is 8.45. The topological polar surface area (TPSA) is 24.7 Å². The smallest absolute Gasteiger partial charge is 0.142 e. The number of hydrogen-bond acceptors (Lipinski definition) is 4. The van der Waals surface area contributed by atoms with E-state index in [1.165, 1.54) is 22.7 Å². The van der Waals surface area contributed by atoms with Crippen LogP contribution in [0.25, 0.3) is 20.2 Å². The Kier molecular flexibility index (Phi) is 8.05. The molecule has 0 radical (unpaired) electrons. The molecule has 0 aliphatic heterocycles. The van der Waals surface area contributed by atoms with E-state index in [0.717, 1.165) is 55.6 Å². The fraction of sp³-hybridized carbons (Fsp3) is 0.400. The second kappa shape index (κ2) is 10.1. The molecule has 0 unspecified atom stereocenters. The van der Waals surface area contributed by atoms with E-state index in [9.17, 15) is 0 Å². The van der Waals surface area contributed by atoms with Crippen molar-refractivity contribution >= 4 is 99.6 Å². The number of unbranched alkanes of at least 4 members (excludes halogenated alkanes) is 2. The van der Waals surface area contributed by atoms with E-state index in [1.54, 1.807) is 0 Å². The van der Waals surface area contributed by atoms with Crippen LogP contribution in [0.5, 0.6) is 0 Å². The molecule has 3 rings (SSSR count). The van der Waals surface area contributed by atoms with E-state index >= 15 is 0 Å². The zero-order chi connectivity index (χ0) is 20.3. The van der Waals surface area contributed by atoms with E-state index in [1.807, 2.05) is 0 Å². The van der Waals surface area contributed by atoms with Gasteiger partial charge in [0, 0.05) is 33.3 Å². The first kappa shape index (κ1) is 22.3. The number of benzene rings is 1. The highest BCUT2D eigenvalue weighted by atomic mass is 35.5. The minimum Gasteiger partial charge on any atom is -0.272 e. The molecule has 0 aliphatic rings. The summed E-state index contributed by atoms with van der Waals surface area (Å²) >= 11 is 29.1. The summed E-state index contributed by atoms with van der Waals surface area (Å²) in [4.78, 5) is 10.5. The number of halogens is 4. The molecular weight excluding hydrogens is 474 g/mol. The Balaban J connectivity index is 2.02. The molecule has 8 heteroatoms. The molecule has 2 nitrogen and oxygen atoms in total. The molecule has 0 saturated heterocycles. The Morgan fingerprint density at radius 1 is 0.786 bits per heavy atom. The predicted octanol–water partition coefficient (Wildman–Crippen LogP) is 8.99. The summed E-state index contributed by atoms with van der Waals surface area (Å²) in [5.41, 5.74) is 0. The Morgan fingerprint density at radius 2 is 1.18 bits per heavy atom. The second-order valence-corrected chi connectivity index (χ2v) is 9.96. The summed E-state index contributed by atoms with van der Waals surface area (Å²) in [6.45, 7) is 5.67. The third-order valence-electron chi connectivity index (χ3n) is 4.28. The monoisotopic (exact) mass is 492 g/mol. The van der Waals surface area contributed by atoms with E-state index in [-0.39, 0.29) is 0 Å². The van der Waals surface area contributed by atoms with Crippen molar-refractivity contribution in [3.63, 3.8) is 0 Å². The molecule has 0 spiro atoms. The number of thiophene rings is 2. The summed E-state index contributed by atoms with van der Waals surface area (Å²) in [7, 11) is 0. The van der Waals surface area contributed by atoms with Crippen LogP contribution >= 0.6 is 69.1 Å². The lowest BCUT2D eigenvalue weighted by molar-refractivity contribution is 0.809. The van der Waals surface area contributed by atoms with Gasteiger partial charge in [0.05, 0.1) is 19.8 Å². The molecule has 28 heavy (non-hydrogen) atoms. The zero-order valence-electron chi connectivity index (χ0n) is 15.6. The quantitative estimate of drug-likeness (QED) is 0.221. The summed E-state index contributed by atoms with van der Waals surface area (Å²) in [6.07, 6.45) is 4.17. The third kappa shape index (κ3) is 4.69. The lowest BCUT2D eigenvalue weighted by atomic mass is 10.2. The number of hydrogen-bond donors (Lipinski definition) is 0. The van der Waals surface area contributed by atoms with Gasteiger partial charge in [-0.25, -0.2) is 0 Å². The van der Waals surface area contributed by atoms with Gasteiger partial charge in [-0.15, -0.1) is 22.7 Å². The van der Waals surface area contributed by atoms with Gasteiger partial charge in [0.2, 0.25) is 0 Å². The fourth-order valence-corrected chi connectivity index (χ4v) is 6.26. The summed E-state index contributed by atoms with van der Waals surface area (Å²) in [6, 6.07) is 4.11. The number of aliphatic imine (C=N–C) groups is 2. The SMILES string of the molecule is CCCCN=C(Cl)c1sc2cc3c(Cl)c(C(Cl)=NCCCC)sc3cc2c1Cl. The van der Waals surface area contributed by atoms with E-state index in [2.05, 4.69) is 36.0 Å². The van der Waals surface area contributed by atoms with Gasteiger partial charge in [0.15, 0.2) is 0 Å². The standard InChI is InChI=1S/C20H20Cl4N2S2/c1-3-5-7-25-19(23)17-15(21)11-9-14-12(10-13(11)27-17)16(22)18(28-14)20(24)26-8-6-4-2/h9-10H,3-8H2,1-2H3. The van der Waals surface area contributed by atoms with E-state index in [4.69, 9.17) is 46.4 Å². The van der Waals surface area contributed by atoms with E-state index in [0.29, 0.717) is 33.5 Å². The Labute approximate surface area is 193 Å². The fourth-order valence-electron chi connectivity index (χ4n) is 2.71. The van der Waals surface area contributed by atoms with E-state index < -0.39 is 0 Å². The van der Waals surface area contributed by atoms with Gasteiger partial charge in [-0.2, -0.15) is 0 Å². The molecule has 0 aliphatic carbocycles. The summed E-state index contributed by atoms with van der Waals surface area (Å²) < 4.78 is 2.06. The zero-order valence-corrected chi connectivity index (χ0v) is 20.3. The van der Waals surface area contributed by atoms with Crippen LogP contribution in [-0.4, -0.2) is 23.4 Å². The maximum Gasteiger partial charge on any atom is 0.142 e. The highest BCUT2D eigenvalue weighted by molar-refractivity contribution is 7.25. The molecule has 2 aromatic heterocycles. The summed E-state index contributed by atoms with van der Waals surface area (Å²) in [5, 5.41) is 4.15. The molecule has 3 aromatic rings. The number of nitrogens with zero attached hydrogens (tertiary/aromatic N) is 2. The Morgan fingerprint density at radius 3 is 1.54 bits per heavy atom. The minimum atomic E-state index is 0.473. The Bertz CT molecular complexity index is 966. The van der Waals surface area contributed by atoms with Gasteiger partial charge in [-0.1, -0.05) is 73.1 Å². The first-order valence-corrected chi connectivity index (χ1v) is 12.4. The van der Waals surface area contributed by atoms with Crippen molar-refractivity contribution < 1.29 is 0 Å². The predicted molar refractivity (Wildman–Crippen MR) is 132 cm³/mol. The highest BCUT2D eigenvalue weighted by Gasteiger charge is 2.19. The molecule has 0 N–H and O–H groups in total. The van der Waals surface area contributed by atoms with Crippen LogP contribution in [0.3, 0.4) is 0 Å². The van der Waals surface area contributed by atoms with Crippen LogP contribution in [0.4, 0.5) is 0 Å². The molecule has 1 aromatic carbocycles. The molecule has 0 bridgehead atoms. The Hall–Kier alpha value is -0.360. The summed E-state index contributed by atoms with van der Waals surface area (Å²) in [5.74, 6) is 0. The second-order valence-electron chi connectivity index (χ2n) is 6.39. The van der Waals surface area contributed by atoms with Crippen molar-refractivity contribution in [1.29, 1.82) is 0 Å². The van der Waals surface area contributed by atoms with Crippen molar-refractivity contribution in [2.75, 3.05) is 13.1 Å². The molecule has 150 valence electrons. The number of rotatable bonds is 8. The molecule has 0 fully saturated rings. The van der Waals surface area contributed by atoms with Crippen molar-refractivity contribution in [2.24, 2.45) is 9.98 Å². The maximum atomic E-state index is 6.63. The van der Waals surface area contributed by atoms with Gasteiger partial charge in [0.25, 0.3) is 0 Å². The molecule has 0 amide bonds. The van der Waals surface area contributed by atoms with Crippen LogP contribution in [-0.2, 0) is 0 Å². The van der Waals surface area contributed by atoms with Crippen molar-refractivity contribution in [3.8, 4) is 0 Å². The number of fused-ring (bicyclic) bond motifs is 2. The van der Waals surface area contributed by atoms with Gasteiger partial charge in [-0.3, -0.25) is 9.98 Å². The average Bonchev–Trinajstić information content (AvgIpc) is 3.18. The van der Waals surface area contributed by atoms with Gasteiger partial charge < -0.3 is 0 Å². The largest absolute Gasteiger partial charge is 0.272 e. The van der Waals surface area contributed by atoms with Gasteiger partial charge >= 0.3 is 0 Å². The normalized spacial score (nSPS) is 13.2. The minimum absolute atomic E-state index is 0.473. The van der Waals surface area contributed by atoms with Crippen LogP contribution in [0.2, 0.25) is 10.0 Å². The molecule has 0 saturated carbocycles. The first-order valence-electron chi connectivity index (χ1n) is 9.22. The molecular formula is C20H20Cl4N2S2.